The van der Waals surface area contributed by atoms with E-state index >= 15 is 0 Å². The van der Waals surface area contributed by atoms with Gasteiger partial charge in [-0.2, -0.15) is 0 Å². The Morgan fingerprint density at radius 2 is 1.90 bits per heavy atom. The molecule has 0 saturated carbocycles. The zero-order valence-electron chi connectivity index (χ0n) is 12.0. The molecule has 3 heteroatoms. The van der Waals surface area contributed by atoms with Crippen LogP contribution < -0.4 is 10.5 Å². The number of rotatable bonds is 8. The molecule has 2 rings (SSSR count). The zero-order valence-corrected chi connectivity index (χ0v) is 12.9. The molecule has 20 heavy (non-hydrogen) atoms. The topological polar surface area (TPSA) is 35.2 Å². The van der Waals surface area contributed by atoms with Gasteiger partial charge < -0.3 is 10.5 Å². The van der Waals surface area contributed by atoms with E-state index in [1.165, 1.54) is 16.9 Å². The van der Waals surface area contributed by atoms with Gasteiger partial charge in [-0.15, -0.1) is 11.3 Å². The van der Waals surface area contributed by atoms with E-state index in [0.29, 0.717) is 6.04 Å². The lowest BCUT2D eigenvalue weighted by atomic mass is 10.0. The predicted molar refractivity (Wildman–Crippen MR) is 86.5 cm³/mol. The molecule has 0 amide bonds. The Labute approximate surface area is 125 Å². The Morgan fingerprint density at radius 1 is 1.10 bits per heavy atom. The molecule has 0 aliphatic heterocycles. The second-order valence-electron chi connectivity index (χ2n) is 5.12. The van der Waals surface area contributed by atoms with Gasteiger partial charge in [-0.3, -0.25) is 0 Å². The lowest BCUT2D eigenvalue weighted by Crippen LogP contribution is -2.20. The molecule has 0 bridgehead atoms. The average molecular weight is 289 g/mol. The molecule has 1 heterocycles. The first kappa shape index (κ1) is 15.1. The first-order valence-corrected chi connectivity index (χ1v) is 8.07. The molecule has 0 aliphatic carbocycles. The van der Waals surface area contributed by atoms with Gasteiger partial charge in [0.05, 0.1) is 7.11 Å². The predicted octanol–water partition coefficient (Wildman–Crippen LogP) is 4.04. The molecule has 2 nitrogen and oxygen atoms in total. The summed E-state index contributed by atoms with van der Waals surface area (Å²) in [7, 11) is 1.69. The normalized spacial score (nSPS) is 12.3. The summed E-state index contributed by atoms with van der Waals surface area (Å²) in [4.78, 5) is 1.47. The average Bonchev–Trinajstić information content (AvgIpc) is 2.99. The maximum absolute atomic E-state index is 6.20. The number of ether oxygens (including phenoxy) is 1. The molecule has 0 saturated heterocycles. The first-order valence-electron chi connectivity index (χ1n) is 7.19. The Bertz CT molecular complexity index is 478. The van der Waals surface area contributed by atoms with Crippen LogP contribution in [0.1, 0.15) is 29.7 Å². The highest BCUT2D eigenvalue weighted by atomic mass is 32.1. The standard InChI is InChI=1S/C17H23NOS/c1-19-16-11-8-14(9-12-16)7-10-15(18)4-2-5-17-6-3-13-20-17/h3,6,8-9,11-13,15H,2,4-5,7,10,18H2,1H3. The largest absolute Gasteiger partial charge is 0.497 e. The van der Waals surface area contributed by atoms with Gasteiger partial charge in [-0.05, 0) is 61.2 Å². The molecule has 0 fully saturated rings. The van der Waals surface area contributed by atoms with E-state index in [2.05, 4.69) is 29.6 Å². The molecule has 1 aromatic heterocycles. The highest BCUT2D eigenvalue weighted by Crippen LogP contribution is 2.15. The van der Waals surface area contributed by atoms with Gasteiger partial charge in [0, 0.05) is 10.9 Å². The first-order chi connectivity index (χ1) is 9.78. The summed E-state index contributed by atoms with van der Waals surface area (Å²) in [5, 5.41) is 2.14. The van der Waals surface area contributed by atoms with Crippen LogP contribution in [0.25, 0.3) is 0 Å². The molecule has 0 radical (unpaired) electrons. The Morgan fingerprint density at radius 3 is 2.55 bits per heavy atom. The van der Waals surface area contributed by atoms with Crippen molar-refractivity contribution < 1.29 is 4.74 Å². The molecule has 1 atom stereocenters. The Kier molecular flexibility index (Phi) is 6.09. The molecule has 0 aliphatic rings. The molecule has 2 aromatic rings. The third-order valence-corrected chi connectivity index (χ3v) is 4.48. The number of hydrogen-bond donors (Lipinski definition) is 1. The number of hydrogen-bond acceptors (Lipinski definition) is 3. The summed E-state index contributed by atoms with van der Waals surface area (Å²) in [5.41, 5.74) is 7.53. The quantitative estimate of drug-likeness (QED) is 0.796. The fourth-order valence-electron chi connectivity index (χ4n) is 2.28. The van der Waals surface area contributed by atoms with Crippen molar-refractivity contribution >= 4 is 11.3 Å². The Hall–Kier alpha value is -1.32. The van der Waals surface area contributed by atoms with Gasteiger partial charge in [-0.1, -0.05) is 18.2 Å². The molecule has 1 aromatic carbocycles. The van der Waals surface area contributed by atoms with Gasteiger partial charge >= 0.3 is 0 Å². The monoisotopic (exact) mass is 289 g/mol. The number of benzene rings is 1. The molecular formula is C17H23NOS. The minimum atomic E-state index is 0.303. The highest BCUT2D eigenvalue weighted by Gasteiger charge is 2.04. The van der Waals surface area contributed by atoms with Crippen LogP contribution in [0.15, 0.2) is 41.8 Å². The van der Waals surface area contributed by atoms with Crippen LogP contribution in [-0.2, 0) is 12.8 Å². The summed E-state index contributed by atoms with van der Waals surface area (Å²) < 4.78 is 5.16. The van der Waals surface area contributed by atoms with E-state index in [1.807, 2.05) is 23.5 Å². The van der Waals surface area contributed by atoms with Crippen molar-refractivity contribution in [2.75, 3.05) is 7.11 Å². The van der Waals surface area contributed by atoms with Gasteiger partial charge in [0.15, 0.2) is 0 Å². The van der Waals surface area contributed by atoms with E-state index < -0.39 is 0 Å². The minimum absolute atomic E-state index is 0.303. The number of methoxy groups -OCH3 is 1. The van der Waals surface area contributed by atoms with Gasteiger partial charge in [0.1, 0.15) is 5.75 Å². The minimum Gasteiger partial charge on any atom is -0.497 e. The van der Waals surface area contributed by atoms with E-state index in [0.717, 1.165) is 31.4 Å². The van der Waals surface area contributed by atoms with Gasteiger partial charge in [0.2, 0.25) is 0 Å². The van der Waals surface area contributed by atoms with Crippen molar-refractivity contribution in [1.29, 1.82) is 0 Å². The summed E-state index contributed by atoms with van der Waals surface area (Å²) in [6.45, 7) is 0. The highest BCUT2D eigenvalue weighted by molar-refractivity contribution is 7.09. The van der Waals surface area contributed by atoms with Gasteiger partial charge in [0.25, 0.3) is 0 Å². The third kappa shape index (κ3) is 4.99. The summed E-state index contributed by atoms with van der Waals surface area (Å²) in [6.07, 6.45) is 5.55. The summed E-state index contributed by atoms with van der Waals surface area (Å²) in [5.74, 6) is 0.911. The van der Waals surface area contributed by atoms with Crippen molar-refractivity contribution in [2.45, 2.75) is 38.1 Å². The second kappa shape index (κ2) is 8.08. The van der Waals surface area contributed by atoms with Crippen molar-refractivity contribution in [3.63, 3.8) is 0 Å². The third-order valence-electron chi connectivity index (χ3n) is 3.54. The SMILES string of the molecule is COc1ccc(CCC(N)CCCc2cccs2)cc1. The number of thiophene rings is 1. The number of nitrogens with two attached hydrogens (primary N) is 1. The van der Waals surface area contributed by atoms with Crippen molar-refractivity contribution in [2.24, 2.45) is 5.73 Å². The van der Waals surface area contributed by atoms with Gasteiger partial charge in [-0.25, -0.2) is 0 Å². The van der Waals surface area contributed by atoms with Crippen LogP contribution in [-0.4, -0.2) is 13.2 Å². The van der Waals surface area contributed by atoms with Crippen LogP contribution in [0.5, 0.6) is 5.75 Å². The second-order valence-corrected chi connectivity index (χ2v) is 6.15. The maximum atomic E-state index is 6.20. The fraction of sp³-hybridized carbons (Fsp3) is 0.412. The van der Waals surface area contributed by atoms with Crippen LogP contribution in [0.3, 0.4) is 0 Å². The van der Waals surface area contributed by atoms with Crippen molar-refractivity contribution in [3.05, 3.63) is 52.2 Å². The smallest absolute Gasteiger partial charge is 0.118 e. The maximum Gasteiger partial charge on any atom is 0.118 e. The Balaban J connectivity index is 1.65. The van der Waals surface area contributed by atoms with Crippen LogP contribution in [0.4, 0.5) is 0 Å². The van der Waals surface area contributed by atoms with E-state index in [4.69, 9.17) is 10.5 Å². The number of aryl methyl sites for hydroxylation is 2. The zero-order chi connectivity index (χ0) is 14.2. The lowest BCUT2D eigenvalue weighted by Gasteiger charge is -2.11. The fourth-order valence-corrected chi connectivity index (χ4v) is 3.03. The van der Waals surface area contributed by atoms with Crippen LogP contribution in [0.2, 0.25) is 0 Å². The van der Waals surface area contributed by atoms with Crippen molar-refractivity contribution in [3.8, 4) is 5.75 Å². The van der Waals surface area contributed by atoms with E-state index in [1.54, 1.807) is 7.11 Å². The summed E-state index contributed by atoms with van der Waals surface area (Å²) >= 11 is 1.84. The molecular weight excluding hydrogens is 266 g/mol. The van der Waals surface area contributed by atoms with E-state index in [9.17, 15) is 0 Å². The van der Waals surface area contributed by atoms with Crippen LogP contribution in [0, 0.1) is 0 Å². The van der Waals surface area contributed by atoms with Crippen molar-refractivity contribution in [1.82, 2.24) is 0 Å². The molecule has 2 N–H and O–H groups in total. The van der Waals surface area contributed by atoms with E-state index in [-0.39, 0.29) is 0 Å². The lowest BCUT2D eigenvalue weighted by molar-refractivity contribution is 0.414. The molecule has 0 spiro atoms. The molecule has 1 unspecified atom stereocenters. The van der Waals surface area contributed by atoms with Crippen LogP contribution >= 0.6 is 11.3 Å². The summed E-state index contributed by atoms with van der Waals surface area (Å²) in [6, 6.07) is 12.9. The molecule has 108 valence electrons.